The molecule has 0 aromatic rings. The molecule has 152 valence electrons. The Hall–Kier alpha value is -1.47. The van der Waals surface area contributed by atoms with Gasteiger partial charge in [-0.2, -0.15) is 0 Å². The number of piperidine rings is 2. The topological polar surface area (TPSA) is 73.0 Å². The average Bonchev–Trinajstić information content (AvgIpc) is 2.67. The summed E-state index contributed by atoms with van der Waals surface area (Å²) in [6.45, 7) is 4.27. The number of urea groups is 1. The lowest BCUT2D eigenvalue weighted by atomic mass is 9.74. The van der Waals surface area contributed by atoms with E-state index in [9.17, 15) is 14.4 Å². The third kappa shape index (κ3) is 5.08. The highest BCUT2D eigenvalue weighted by molar-refractivity contribution is 5.95. The van der Waals surface area contributed by atoms with Crippen molar-refractivity contribution in [3.63, 3.8) is 0 Å². The molecule has 0 spiro atoms. The number of carbonyl (C=O) groups excluding carboxylic acids is 3. The molecule has 1 N–H and O–H groups in total. The SMILES string of the molecule is CN(C(=O)NCCN1CCCCC1)C(=O)[C@@H]1C[C@@H]2CC(=O)CC[C@H]2N(C)C1. The molecule has 2 heterocycles. The molecule has 7 heteroatoms. The van der Waals surface area contributed by atoms with Gasteiger partial charge in [0.15, 0.2) is 0 Å². The number of rotatable bonds is 4. The standard InChI is InChI=1S/C20H34N4O3/c1-22-14-16(12-15-13-17(25)6-7-18(15)22)19(26)23(2)20(27)21-8-11-24-9-4-3-5-10-24/h15-16,18H,3-14H2,1-2H3,(H,21,27)/t15-,16-,18-/m1/s1. The second-order valence-corrected chi connectivity index (χ2v) is 8.51. The summed E-state index contributed by atoms with van der Waals surface area (Å²) >= 11 is 0. The smallest absolute Gasteiger partial charge is 0.323 e. The Morgan fingerprint density at radius 2 is 1.96 bits per heavy atom. The van der Waals surface area contributed by atoms with Crippen molar-refractivity contribution < 1.29 is 14.4 Å². The first-order valence-electron chi connectivity index (χ1n) is 10.5. The van der Waals surface area contributed by atoms with Crippen LogP contribution in [0.4, 0.5) is 4.79 Å². The van der Waals surface area contributed by atoms with Crippen LogP contribution in [0, 0.1) is 11.8 Å². The van der Waals surface area contributed by atoms with E-state index < -0.39 is 0 Å². The summed E-state index contributed by atoms with van der Waals surface area (Å²) in [5, 5.41) is 2.88. The van der Waals surface area contributed by atoms with Crippen LogP contribution in [-0.4, -0.2) is 85.3 Å². The van der Waals surface area contributed by atoms with Crippen LogP contribution >= 0.6 is 0 Å². The normalized spacial score (nSPS) is 29.9. The van der Waals surface area contributed by atoms with Crippen LogP contribution in [-0.2, 0) is 9.59 Å². The van der Waals surface area contributed by atoms with Crippen molar-refractivity contribution in [1.29, 1.82) is 0 Å². The summed E-state index contributed by atoms with van der Waals surface area (Å²) in [6, 6.07) is 0.0805. The molecule has 0 aromatic carbocycles. The number of Topliss-reactive ketones (excluding diaryl/α,β-unsaturated/α-hetero) is 1. The molecule has 1 aliphatic carbocycles. The minimum absolute atomic E-state index is 0.131. The summed E-state index contributed by atoms with van der Waals surface area (Å²) in [6.07, 6.45) is 6.59. The summed E-state index contributed by atoms with van der Waals surface area (Å²) in [5.74, 6) is 0.213. The molecule has 3 fully saturated rings. The number of nitrogens with one attached hydrogen (secondary N) is 1. The number of hydrogen-bond donors (Lipinski definition) is 1. The van der Waals surface area contributed by atoms with Crippen molar-refractivity contribution >= 4 is 17.7 Å². The molecule has 0 bridgehead atoms. The van der Waals surface area contributed by atoms with Gasteiger partial charge in [-0.1, -0.05) is 6.42 Å². The zero-order chi connectivity index (χ0) is 19.4. The highest BCUT2D eigenvalue weighted by Gasteiger charge is 2.41. The minimum Gasteiger partial charge on any atom is -0.336 e. The van der Waals surface area contributed by atoms with Gasteiger partial charge in [0.2, 0.25) is 5.91 Å². The first-order chi connectivity index (χ1) is 13.0. The van der Waals surface area contributed by atoms with Gasteiger partial charge in [0, 0.05) is 45.6 Å². The predicted molar refractivity (Wildman–Crippen MR) is 103 cm³/mol. The molecule has 3 rings (SSSR count). The van der Waals surface area contributed by atoms with Crippen LogP contribution in [0.5, 0.6) is 0 Å². The fourth-order valence-corrected chi connectivity index (χ4v) is 4.99. The van der Waals surface area contributed by atoms with Crippen LogP contribution in [0.15, 0.2) is 0 Å². The number of carbonyl (C=O) groups is 3. The minimum atomic E-state index is -0.318. The quantitative estimate of drug-likeness (QED) is 0.799. The fraction of sp³-hybridized carbons (Fsp3) is 0.850. The van der Waals surface area contributed by atoms with E-state index in [1.54, 1.807) is 7.05 Å². The lowest BCUT2D eigenvalue weighted by molar-refractivity contribution is -0.137. The third-order valence-electron chi connectivity index (χ3n) is 6.55. The van der Waals surface area contributed by atoms with Gasteiger partial charge in [-0.25, -0.2) is 4.79 Å². The largest absolute Gasteiger partial charge is 0.336 e. The first-order valence-corrected chi connectivity index (χ1v) is 10.5. The predicted octanol–water partition coefficient (Wildman–Crippen LogP) is 1.33. The van der Waals surface area contributed by atoms with Gasteiger partial charge in [0.25, 0.3) is 0 Å². The van der Waals surface area contributed by atoms with Gasteiger partial charge >= 0.3 is 6.03 Å². The molecule has 0 unspecified atom stereocenters. The van der Waals surface area contributed by atoms with Gasteiger partial charge in [0.1, 0.15) is 5.78 Å². The fourth-order valence-electron chi connectivity index (χ4n) is 4.99. The number of ketones is 1. The maximum absolute atomic E-state index is 12.8. The zero-order valence-electron chi connectivity index (χ0n) is 16.8. The third-order valence-corrected chi connectivity index (χ3v) is 6.55. The Morgan fingerprint density at radius 3 is 2.70 bits per heavy atom. The summed E-state index contributed by atoms with van der Waals surface area (Å²) in [4.78, 5) is 42.9. The zero-order valence-corrected chi connectivity index (χ0v) is 16.8. The van der Waals surface area contributed by atoms with Crippen LogP contribution in [0.2, 0.25) is 0 Å². The number of imide groups is 1. The first kappa shape index (κ1) is 20.3. The average molecular weight is 379 g/mol. The van der Waals surface area contributed by atoms with Gasteiger partial charge in [-0.15, -0.1) is 0 Å². The van der Waals surface area contributed by atoms with Crippen LogP contribution in [0.1, 0.15) is 44.9 Å². The molecule has 2 aliphatic heterocycles. The van der Waals surface area contributed by atoms with E-state index in [-0.39, 0.29) is 23.8 Å². The number of nitrogens with zero attached hydrogens (tertiary/aromatic N) is 3. The Kier molecular flexibility index (Phi) is 6.87. The summed E-state index contributed by atoms with van der Waals surface area (Å²) in [7, 11) is 3.60. The summed E-state index contributed by atoms with van der Waals surface area (Å²) < 4.78 is 0. The number of amides is 3. The summed E-state index contributed by atoms with van der Waals surface area (Å²) in [5.41, 5.74) is 0. The van der Waals surface area contributed by atoms with E-state index in [4.69, 9.17) is 0 Å². The monoisotopic (exact) mass is 378 g/mol. The molecule has 0 aromatic heterocycles. The van der Waals surface area contributed by atoms with E-state index in [0.717, 1.165) is 26.1 Å². The molecule has 2 saturated heterocycles. The maximum Gasteiger partial charge on any atom is 0.323 e. The molecular weight excluding hydrogens is 344 g/mol. The van der Waals surface area contributed by atoms with E-state index in [1.165, 1.54) is 24.2 Å². The van der Waals surface area contributed by atoms with Crippen molar-refractivity contribution in [3.8, 4) is 0 Å². The molecule has 27 heavy (non-hydrogen) atoms. The molecule has 0 radical (unpaired) electrons. The van der Waals surface area contributed by atoms with Crippen LogP contribution in [0.3, 0.4) is 0 Å². The van der Waals surface area contributed by atoms with Gasteiger partial charge in [0.05, 0.1) is 5.92 Å². The Balaban J connectivity index is 1.47. The van der Waals surface area contributed by atoms with Gasteiger partial charge < -0.3 is 15.1 Å². The Bertz CT molecular complexity index is 561. The van der Waals surface area contributed by atoms with E-state index in [2.05, 4.69) is 15.1 Å². The molecule has 7 nitrogen and oxygen atoms in total. The van der Waals surface area contributed by atoms with Crippen LogP contribution < -0.4 is 5.32 Å². The van der Waals surface area contributed by atoms with Crippen molar-refractivity contribution in [2.75, 3.05) is 46.8 Å². The molecule has 3 atom stereocenters. The molecular formula is C20H34N4O3. The van der Waals surface area contributed by atoms with Gasteiger partial charge in [-0.3, -0.25) is 14.5 Å². The second-order valence-electron chi connectivity index (χ2n) is 8.51. The highest BCUT2D eigenvalue weighted by atomic mass is 16.2. The Labute approximate surface area is 162 Å². The van der Waals surface area contributed by atoms with Gasteiger partial charge in [-0.05, 0) is 51.7 Å². The number of hydrogen-bond acceptors (Lipinski definition) is 5. The van der Waals surface area contributed by atoms with Crippen molar-refractivity contribution in [1.82, 2.24) is 20.0 Å². The maximum atomic E-state index is 12.8. The Morgan fingerprint density at radius 1 is 1.22 bits per heavy atom. The van der Waals surface area contributed by atoms with Crippen molar-refractivity contribution in [2.24, 2.45) is 11.8 Å². The van der Waals surface area contributed by atoms with Crippen LogP contribution in [0.25, 0.3) is 0 Å². The lowest BCUT2D eigenvalue weighted by Gasteiger charge is -2.45. The second kappa shape index (κ2) is 9.15. The highest BCUT2D eigenvalue weighted by Crippen LogP contribution is 2.36. The number of likely N-dealkylation sites (tertiary alicyclic amines) is 2. The molecule has 3 amide bonds. The molecule has 1 saturated carbocycles. The van der Waals surface area contributed by atoms with E-state index >= 15 is 0 Å². The lowest BCUT2D eigenvalue weighted by Crippen LogP contribution is -2.54. The number of fused-ring (bicyclic) bond motifs is 1. The van der Waals surface area contributed by atoms with E-state index in [0.29, 0.717) is 44.2 Å². The van der Waals surface area contributed by atoms with Crippen molar-refractivity contribution in [3.05, 3.63) is 0 Å². The molecule has 3 aliphatic rings. The van der Waals surface area contributed by atoms with E-state index in [1.807, 2.05) is 7.05 Å². The van der Waals surface area contributed by atoms with Crippen molar-refractivity contribution in [2.45, 2.75) is 51.0 Å².